The molecule has 0 saturated heterocycles. The van der Waals surface area contributed by atoms with Crippen LogP contribution in [0, 0.1) is 6.92 Å². The van der Waals surface area contributed by atoms with Gasteiger partial charge in [-0.05, 0) is 38.1 Å². The van der Waals surface area contributed by atoms with Crippen molar-refractivity contribution in [1.82, 2.24) is 10.2 Å². The Balaban J connectivity index is 2.29. The third-order valence-corrected chi connectivity index (χ3v) is 3.05. The molecule has 2 aromatic rings. The Morgan fingerprint density at radius 2 is 1.78 bits per heavy atom. The van der Waals surface area contributed by atoms with Crippen LogP contribution in [0.25, 0.3) is 0 Å². The molecule has 0 atom stereocenters. The highest BCUT2D eigenvalue weighted by molar-refractivity contribution is 6.16. The summed E-state index contributed by atoms with van der Waals surface area (Å²) in [5.74, 6) is 1.24. The molecule has 1 heterocycles. The van der Waals surface area contributed by atoms with Crippen LogP contribution in [0.15, 0.2) is 36.4 Å². The zero-order valence-electron chi connectivity index (χ0n) is 10.6. The van der Waals surface area contributed by atoms with Crippen LogP contribution in [0.1, 0.15) is 18.2 Å². The first kappa shape index (κ1) is 12.8. The molecule has 2 rings (SSSR count). The third kappa shape index (κ3) is 2.79. The van der Waals surface area contributed by atoms with Crippen molar-refractivity contribution in [2.24, 2.45) is 0 Å². The number of hydrogen-bond donors (Lipinski definition) is 0. The van der Waals surface area contributed by atoms with Gasteiger partial charge in [0.05, 0.1) is 11.6 Å². The van der Waals surface area contributed by atoms with Crippen molar-refractivity contribution in [2.75, 3.05) is 11.4 Å². The Kier molecular flexibility index (Phi) is 4.15. The molecule has 0 aliphatic carbocycles. The second kappa shape index (κ2) is 5.83. The second-order valence-corrected chi connectivity index (χ2v) is 4.36. The van der Waals surface area contributed by atoms with Crippen LogP contribution in [-0.4, -0.2) is 16.7 Å². The van der Waals surface area contributed by atoms with Gasteiger partial charge in [-0.2, -0.15) is 5.10 Å². The van der Waals surface area contributed by atoms with Crippen LogP contribution in [0.4, 0.5) is 11.5 Å². The summed E-state index contributed by atoms with van der Waals surface area (Å²) < 4.78 is 0. The van der Waals surface area contributed by atoms with Crippen LogP contribution in [0.5, 0.6) is 0 Å². The van der Waals surface area contributed by atoms with E-state index >= 15 is 0 Å². The molecule has 94 valence electrons. The van der Waals surface area contributed by atoms with Crippen molar-refractivity contribution >= 4 is 23.1 Å². The van der Waals surface area contributed by atoms with Crippen molar-refractivity contribution in [3.8, 4) is 0 Å². The summed E-state index contributed by atoms with van der Waals surface area (Å²) in [4.78, 5) is 2.12. The summed E-state index contributed by atoms with van der Waals surface area (Å²) in [6.07, 6.45) is 0. The van der Waals surface area contributed by atoms with Gasteiger partial charge in [0.25, 0.3) is 0 Å². The monoisotopic (exact) mass is 261 g/mol. The molecule has 0 amide bonds. The number of anilines is 2. The molecule has 0 N–H and O–H groups in total. The zero-order chi connectivity index (χ0) is 13.0. The van der Waals surface area contributed by atoms with Gasteiger partial charge >= 0.3 is 0 Å². The first-order valence-corrected chi connectivity index (χ1v) is 6.51. The van der Waals surface area contributed by atoms with Gasteiger partial charge in [-0.1, -0.05) is 17.7 Å². The minimum atomic E-state index is 0.393. The maximum Gasteiger partial charge on any atom is 0.155 e. The van der Waals surface area contributed by atoms with E-state index in [1.807, 2.05) is 12.1 Å². The van der Waals surface area contributed by atoms with Gasteiger partial charge in [0.15, 0.2) is 5.82 Å². The van der Waals surface area contributed by atoms with Crippen LogP contribution >= 0.6 is 11.6 Å². The van der Waals surface area contributed by atoms with E-state index in [0.717, 1.165) is 23.7 Å². The van der Waals surface area contributed by atoms with E-state index in [-0.39, 0.29) is 0 Å². The highest BCUT2D eigenvalue weighted by Crippen LogP contribution is 2.23. The van der Waals surface area contributed by atoms with Crippen LogP contribution < -0.4 is 4.90 Å². The highest BCUT2D eigenvalue weighted by Gasteiger charge is 2.08. The van der Waals surface area contributed by atoms with Crippen molar-refractivity contribution in [2.45, 2.75) is 19.7 Å². The summed E-state index contributed by atoms with van der Waals surface area (Å²) >= 11 is 5.71. The Bertz CT molecular complexity index is 493. The normalized spacial score (nSPS) is 10.4. The quantitative estimate of drug-likeness (QED) is 0.786. The number of benzene rings is 1. The van der Waals surface area contributed by atoms with Gasteiger partial charge in [0.1, 0.15) is 0 Å². The predicted molar refractivity (Wildman–Crippen MR) is 75.4 cm³/mol. The molecule has 1 aromatic heterocycles. The first-order chi connectivity index (χ1) is 8.74. The summed E-state index contributed by atoms with van der Waals surface area (Å²) in [6, 6.07) is 12.2. The lowest BCUT2D eigenvalue weighted by Gasteiger charge is -2.21. The fraction of sp³-hybridized carbons (Fsp3) is 0.286. The Morgan fingerprint density at radius 3 is 2.28 bits per heavy atom. The van der Waals surface area contributed by atoms with Crippen molar-refractivity contribution in [1.29, 1.82) is 0 Å². The molecule has 3 nitrogen and oxygen atoms in total. The number of aryl methyl sites for hydroxylation is 1. The number of halogens is 1. The molecule has 0 bridgehead atoms. The van der Waals surface area contributed by atoms with Crippen molar-refractivity contribution in [3.63, 3.8) is 0 Å². The van der Waals surface area contributed by atoms with Crippen LogP contribution in [0.2, 0.25) is 0 Å². The molecular formula is C14H16ClN3. The molecule has 0 saturated carbocycles. The van der Waals surface area contributed by atoms with Gasteiger partial charge in [-0.15, -0.1) is 16.7 Å². The highest BCUT2D eigenvalue weighted by atomic mass is 35.5. The fourth-order valence-corrected chi connectivity index (χ4v) is 1.91. The summed E-state index contributed by atoms with van der Waals surface area (Å²) in [5.41, 5.74) is 3.16. The molecule has 0 spiro atoms. The van der Waals surface area contributed by atoms with E-state index in [9.17, 15) is 0 Å². The fourth-order valence-electron chi connectivity index (χ4n) is 1.77. The zero-order valence-corrected chi connectivity index (χ0v) is 11.4. The lowest BCUT2D eigenvalue weighted by Crippen LogP contribution is -2.17. The van der Waals surface area contributed by atoms with Crippen LogP contribution in [0.3, 0.4) is 0 Å². The standard InChI is InChI=1S/C14H16ClN3/c1-3-18(13-7-4-11(2)5-8-13)14-9-6-12(10-15)16-17-14/h4-9H,3,10H2,1-2H3. The van der Waals surface area contributed by atoms with E-state index in [4.69, 9.17) is 11.6 Å². The van der Waals surface area contributed by atoms with Crippen molar-refractivity contribution in [3.05, 3.63) is 47.7 Å². The van der Waals surface area contributed by atoms with E-state index in [1.165, 1.54) is 5.56 Å². The van der Waals surface area contributed by atoms with Crippen molar-refractivity contribution < 1.29 is 0 Å². The molecule has 4 heteroatoms. The molecule has 0 radical (unpaired) electrons. The molecule has 0 aliphatic rings. The third-order valence-electron chi connectivity index (χ3n) is 2.78. The first-order valence-electron chi connectivity index (χ1n) is 5.97. The van der Waals surface area contributed by atoms with Gasteiger partial charge in [0, 0.05) is 12.2 Å². The molecule has 0 fully saturated rings. The SMILES string of the molecule is CCN(c1ccc(C)cc1)c1ccc(CCl)nn1. The molecule has 18 heavy (non-hydrogen) atoms. The Morgan fingerprint density at radius 1 is 1.06 bits per heavy atom. The predicted octanol–water partition coefficient (Wildman–Crippen LogP) is 3.68. The van der Waals surface area contributed by atoms with E-state index in [1.54, 1.807) is 0 Å². The number of rotatable bonds is 4. The topological polar surface area (TPSA) is 29.0 Å². The maximum atomic E-state index is 5.71. The molecular weight excluding hydrogens is 246 g/mol. The smallest absolute Gasteiger partial charge is 0.155 e. The average molecular weight is 262 g/mol. The van der Waals surface area contributed by atoms with E-state index in [2.05, 4.69) is 53.2 Å². The Labute approximate surface area is 112 Å². The number of aromatic nitrogens is 2. The summed E-state index contributed by atoms with van der Waals surface area (Å²) in [7, 11) is 0. The molecule has 0 aliphatic heterocycles. The summed E-state index contributed by atoms with van der Waals surface area (Å²) in [5, 5.41) is 8.30. The average Bonchev–Trinajstić information content (AvgIpc) is 2.42. The van der Waals surface area contributed by atoms with E-state index < -0.39 is 0 Å². The molecule has 1 aromatic carbocycles. The van der Waals surface area contributed by atoms with Gasteiger partial charge in [-0.3, -0.25) is 0 Å². The maximum absolute atomic E-state index is 5.71. The Hall–Kier alpha value is -1.61. The second-order valence-electron chi connectivity index (χ2n) is 4.10. The lowest BCUT2D eigenvalue weighted by atomic mass is 10.2. The largest absolute Gasteiger partial charge is 0.325 e. The van der Waals surface area contributed by atoms with E-state index in [0.29, 0.717) is 5.88 Å². The summed E-state index contributed by atoms with van der Waals surface area (Å²) in [6.45, 7) is 5.02. The number of alkyl halides is 1. The lowest BCUT2D eigenvalue weighted by molar-refractivity contribution is 0.907. The minimum Gasteiger partial charge on any atom is -0.325 e. The minimum absolute atomic E-state index is 0.393. The molecule has 0 unspecified atom stereocenters. The number of hydrogen-bond acceptors (Lipinski definition) is 3. The number of nitrogens with zero attached hydrogens (tertiary/aromatic N) is 3. The van der Waals surface area contributed by atoms with Gasteiger partial charge in [-0.25, -0.2) is 0 Å². The van der Waals surface area contributed by atoms with Crippen LogP contribution in [-0.2, 0) is 5.88 Å². The van der Waals surface area contributed by atoms with Gasteiger partial charge in [0.2, 0.25) is 0 Å². The van der Waals surface area contributed by atoms with Gasteiger partial charge < -0.3 is 4.90 Å².